The molecule has 112 valence electrons. The Morgan fingerprint density at radius 1 is 1.24 bits per heavy atom. The number of hydrogen-bond acceptors (Lipinski definition) is 4. The summed E-state index contributed by atoms with van der Waals surface area (Å²) in [4.78, 5) is 14.5. The van der Waals surface area contributed by atoms with Gasteiger partial charge in [-0.3, -0.25) is 9.69 Å². The van der Waals surface area contributed by atoms with E-state index in [0.29, 0.717) is 13.2 Å². The maximum atomic E-state index is 12.9. The first-order valence-electron chi connectivity index (χ1n) is 7.42. The van der Waals surface area contributed by atoms with Crippen LogP contribution in [0.3, 0.4) is 0 Å². The van der Waals surface area contributed by atoms with Crippen LogP contribution in [0.4, 0.5) is 0 Å². The van der Waals surface area contributed by atoms with Gasteiger partial charge in [0.25, 0.3) is 5.17 Å². The highest BCUT2D eigenvalue weighted by Gasteiger charge is 2.37. The van der Waals surface area contributed by atoms with Crippen molar-refractivity contribution < 1.29 is 14.3 Å². The molecule has 0 radical (unpaired) electrons. The third kappa shape index (κ3) is 3.09. The third-order valence-electron chi connectivity index (χ3n) is 4.04. The minimum Gasteiger partial charge on any atom is -0.469 e. The Morgan fingerprint density at radius 3 is 2.67 bits per heavy atom. The van der Waals surface area contributed by atoms with Gasteiger partial charge in [-0.25, -0.2) is 0 Å². The number of carbonyl (C=O) groups excluding carboxylic acids is 1. The van der Waals surface area contributed by atoms with Crippen LogP contribution in [0.2, 0.25) is 0 Å². The SMILES string of the molecule is O=C([C@H](c1ccccc1)[C@@H]1CCCCO1)N1CCOC1=S. The summed E-state index contributed by atoms with van der Waals surface area (Å²) in [5.74, 6) is -0.304. The van der Waals surface area contributed by atoms with Gasteiger partial charge in [-0.15, -0.1) is 0 Å². The van der Waals surface area contributed by atoms with Crippen LogP contribution in [-0.2, 0) is 14.3 Å². The number of thiocarbonyl (C=S) groups is 1. The molecule has 0 saturated carbocycles. The van der Waals surface area contributed by atoms with Gasteiger partial charge in [0.2, 0.25) is 5.91 Å². The molecule has 2 saturated heterocycles. The molecular formula is C16H19NO3S. The molecule has 0 aliphatic carbocycles. The average Bonchev–Trinajstić information content (AvgIpc) is 2.96. The summed E-state index contributed by atoms with van der Waals surface area (Å²) in [5, 5.41) is 0.289. The fraction of sp³-hybridized carbons (Fsp3) is 0.500. The van der Waals surface area contributed by atoms with E-state index >= 15 is 0 Å². The molecule has 2 fully saturated rings. The fourth-order valence-corrected chi connectivity index (χ4v) is 3.23. The topological polar surface area (TPSA) is 38.8 Å². The van der Waals surface area contributed by atoms with Gasteiger partial charge in [-0.1, -0.05) is 30.3 Å². The zero-order chi connectivity index (χ0) is 14.7. The highest BCUT2D eigenvalue weighted by atomic mass is 32.1. The van der Waals surface area contributed by atoms with Crippen LogP contribution < -0.4 is 0 Å². The molecule has 1 aromatic carbocycles. The van der Waals surface area contributed by atoms with Crippen molar-refractivity contribution in [2.45, 2.75) is 31.3 Å². The Bertz CT molecular complexity index is 514. The van der Waals surface area contributed by atoms with Crippen molar-refractivity contribution in [1.29, 1.82) is 0 Å². The molecule has 0 bridgehead atoms. The second-order valence-corrected chi connectivity index (χ2v) is 5.75. The minimum atomic E-state index is -0.300. The quantitative estimate of drug-likeness (QED) is 0.804. The Hall–Kier alpha value is -1.46. The van der Waals surface area contributed by atoms with Crippen LogP contribution in [0, 0.1) is 0 Å². The Kier molecular flexibility index (Phi) is 4.51. The number of hydrogen-bond donors (Lipinski definition) is 0. The molecule has 4 nitrogen and oxygen atoms in total. The van der Waals surface area contributed by atoms with Crippen LogP contribution in [0.15, 0.2) is 30.3 Å². The highest BCUT2D eigenvalue weighted by molar-refractivity contribution is 7.80. The predicted molar refractivity (Wildman–Crippen MR) is 83.0 cm³/mol. The molecule has 5 heteroatoms. The van der Waals surface area contributed by atoms with Gasteiger partial charge in [0.05, 0.1) is 18.6 Å². The number of nitrogens with zero attached hydrogens (tertiary/aromatic N) is 1. The smallest absolute Gasteiger partial charge is 0.266 e. The summed E-state index contributed by atoms with van der Waals surface area (Å²) >= 11 is 5.13. The summed E-state index contributed by atoms with van der Waals surface area (Å²) in [6.45, 7) is 1.74. The minimum absolute atomic E-state index is 0.00407. The molecule has 0 N–H and O–H groups in total. The van der Waals surface area contributed by atoms with Crippen molar-refractivity contribution in [3.8, 4) is 0 Å². The van der Waals surface area contributed by atoms with Crippen molar-refractivity contribution in [2.24, 2.45) is 0 Å². The molecule has 1 aromatic rings. The van der Waals surface area contributed by atoms with Crippen LogP contribution in [-0.4, -0.2) is 41.8 Å². The van der Waals surface area contributed by atoms with E-state index in [9.17, 15) is 4.79 Å². The molecule has 0 spiro atoms. The standard InChI is InChI=1S/C16H19NO3S/c18-15(17-9-11-20-16(17)21)14(12-6-2-1-3-7-12)13-8-4-5-10-19-13/h1-3,6-7,13-14H,4-5,8-11H2/t13-,14+/m0/s1. The monoisotopic (exact) mass is 305 g/mol. The first kappa shape index (κ1) is 14.5. The van der Waals surface area contributed by atoms with Crippen LogP contribution in [0.5, 0.6) is 0 Å². The highest BCUT2D eigenvalue weighted by Crippen LogP contribution is 2.31. The number of ether oxygens (including phenoxy) is 2. The van der Waals surface area contributed by atoms with Gasteiger partial charge in [0, 0.05) is 6.61 Å². The van der Waals surface area contributed by atoms with E-state index < -0.39 is 0 Å². The number of benzene rings is 1. The van der Waals surface area contributed by atoms with Gasteiger partial charge >= 0.3 is 0 Å². The van der Waals surface area contributed by atoms with Crippen molar-refractivity contribution in [3.05, 3.63) is 35.9 Å². The molecule has 21 heavy (non-hydrogen) atoms. The largest absolute Gasteiger partial charge is 0.469 e. The van der Waals surface area contributed by atoms with Crippen molar-refractivity contribution in [3.63, 3.8) is 0 Å². The first-order chi connectivity index (χ1) is 10.3. The Labute approximate surface area is 130 Å². The van der Waals surface area contributed by atoms with Crippen molar-refractivity contribution in [1.82, 2.24) is 4.90 Å². The Balaban J connectivity index is 1.88. The molecule has 2 aliphatic heterocycles. The average molecular weight is 305 g/mol. The summed E-state index contributed by atoms with van der Waals surface area (Å²) in [6.07, 6.45) is 3.00. The van der Waals surface area contributed by atoms with E-state index in [-0.39, 0.29) is 23.1 Å². The summed E-state index contributed by atoms with van der Waals surface area (Å²) in [5.41, 5.74) is 0.990. The predicted octanol–water partition coefficient (Wildman–Crippen LogP) is 2.48. The van der Waals surface area contributed by atoms with Crippen molar-refractivity contribution in [2.75, 3.05) is 19.8 Å². The molecule has 2 atom stereocenters. The number of carbonyl (C=O) groups is 1. The van der Waals surface area contributed by atoms with Gasteiger partial charge < -0.3 is 9.47 Å². The molecule has 2 aliphatic rings. The zero-order valence-corrected chi connectivity index (χ0v) is 12.7. The second-order valence-electron chi connectivity index (χ2n) is 5.40. The molecule has 0 unspecified atom stereocenters. The number of amides is 1. The Morgan fingerprint density at radius 2 is 2.05 bits per heavy atom. The lowest BCUT2D eigenvalue weighted by atomic mass is 9.88. The first-order valence-corrected chi connectivity index (χ1v) is 7.83. The van der Waals surface area contributed by atoms with Crippen LogP contribution in [0.25, 0.3) is 0 Å². The zero-order valence-electron chi connectivity index (χ0n) is 11.9. The maximum absolute atomic E-state index is 12.9. The molecule has 3 rings (SSSR count). The maximum Gasteiger partial charge on any atom is 0.266 e. The normalized spacial score (nSPS) is 23.7. The van der Waals surface area contributed by atoms with Gasteiger partial charge in [-0.05, 0) is 37.0 Å². The molecular weight excluding hydrogens is 286 g/mol. The molecule has 2 heterocycles. The molecule has 0 aromatic heterocycles. The van der Waals surface area contributed by atoms with E-state index in [1.54, 1.807) is 4.90 Å². The summed E-state index contributed by atoms with van der Waals surface area (Å²) in [6, 6.07) is 9.84. The van der Waals surface area contributed by atoms with Gasteiger partial charge in [-0.2, -0.15) is 0 Å². The third-order valence-corrected chi connectivity index (χ3v) is 4.38. The lowest BCUT2D eigenvalue weighted by molar-refractivity contribution is -0.133. The summed E-state index contributed by atoms with van der Waals surface area (Å²) in [7, 11) is 0. The van der Waals surface area contributed by atoms with E-state index in [0.717, 1.165) is 31.4 Å². The molecule has 1 amide bonds. The summed E-state index contributed by atoms with van der Waals surface area (Å²) < 4.78 is 11.1. The van der Waals surface area contributed by atoms with Gasteiger partial charge in [0.15, 0.2) is 0 Å². The van der Waals surface area contributed by atoms with E-state index in [1.807, 2.05) is 30.3 Å². The van der Waals surface area contributed by atoms with Crippen molar-refractivity contribution >= 4 is 23.3 Å². The van der Waals surface area contributed by atoms with Crippen LogP contribution in [0.1, 0.15) is 30.7 Å². The lowest BCUT2D eigenvalue weighted by Gasteiger charge is -2.31. The van der Waals surface area contributed by atoms with E-state index in [1.165, 1.54) is 0 Å². The van der Waals surface area contributed by atoms with E-state index in [4.69, 9.17) is 21.7 Å². The van der Waals surface area contributed by atoms with E-state index in [2.05, 4.69) is 0 Å². The number of rotatable bonds is 3. The van der Waals surface area contributed by atoms with Gasteiger partial charge in [0.1, 0.15) is 6.61 Å². The van der Waals surface area contributed by atoms with Crippen LogP contribution >= 0.6 is 12.2 Å². The fourth-order valence-electron chi connectivity index (χ4n) is 2.97. The second kappa shape index (κ2) is 6.54. The lowest BCUT2D eigenvalue weighted by Crippen LogP contribution is -2.41.